The first kappa shape index (κ1) is 21.5. The van der Waals surface area contributed by atoms with E-state index in [9.17, 15) is 9.90 Å². The second-order valence-electron chi connectivity index (χ2n) is 5.02. The summed E-state index contributed by atoms with van der Waals surface area (Å²) < 4.78 is 5.03. The molecule has 0 saturated carbocycles. The number of carbonyl (C=O) groups excluding carboxylic acids is 1. The molecule has 0 aliphatic carbocycles. The molecule has 2 aromatic rings. The fraction of sp³-hybridized carbons (Fsp3) is 0.190. The Kier molecular flexibility index (Phi) is 9.44. The zero-order chi connectivity index (χ0) is 20.1. The number of hydrogen-bond acceptors (Lipinski definition) is 5. The third-order valence-corrected chi connectivity index (χ3v) is 3.32. The molecule has 0 bridgehead atoms. The highest BCUT2D eigenvalue weighted by atomic mass is 16.5. The van der Waals surface area contributed by atoms with Gasteiger partial charge < -0.3 is 15.2 Å². The molecule has 6 heteroatoms. The van der Waals surface area contributed by atoms with Crippen molar-refractivity contribution < 1.29 is 14.6 Å². The number of amides is 1. The van der Waals surface area contributed by atoms with E-state index in [1.54, 1.807) is 48.8 Å². The largest absolute Gasteiger partial charge is 0.504 e. The Morgan fingerprint density at radius 1 is 1.30 bits per heavy atom. The maximum atomic E-state index is 12.0. The minimum absolute atomic E-state index is 0.00366. The van der Waals surface area contributed by atoms with Crippen LogP contribution in [0.1, 0.15) is 25.0 Å². The van der Waals surface area contributed by atoms with E-state index in [0.717, 1.165) is 11.1 Å². The van der Waals surface area contributed by atoms with Gasteiger partial charge in [-0.15, -0.1) is 0 Å². The average Bonchev–Trinajstić information content (AvgIpc) is 2.72. The fourth-order valence-corrected chi connectivity index (χ4v) is 2.00. The van der Waals surface area contributed by atoms with Crippen molar-refractivity contribution in [2.45, 2.75) is 20.4 Å². The number of phenolic OH excluding ortho intramolecular Hbond substituents is 1. The lowest BCUT2D eigenvalue weighted by atomic mass is 10.1. The summed E-state index contributed by atoms with van der Waals surface area (Å²) in [7, 11) is 1.46. The van der Waals surface area contributed by atoms with E-state index in [-0.39, 0.29) is 11.3 Å². The second kappa shape index (κ2) is 11.9. The summed E-state index contributed by atoms with van der Waals surface area (Å²) in [5.41, 5.74) is 1.66. The first-order valence-electron chi connectivity index (χ1n) is 8.46. The lowest BCUT2D eigenvalue weighted by Crippen LogP contribution is -2.23. The Morgan fingerprint density at radius 2 is 2.00 bits per heavy atom. The summed E-state index contributed by atoms with van der Waals surface area (Å²) in [6, 6.07) is 10.3. The van der Waals surface area contributed by atoms with Gasteiger partial charge >= 0.3 is 0 Å². The smallest absolute Gasteiger partial charge is 0.262 e. The minimum atomic E-state index is -0.452. The standard InChI is InChI=1S/C19H17N3O3.C2H6/c1-25-18-11-14(5-6-17(18)23)3-2-4-16(12-20)19(24)22-13-15-7-9-21-10-8-15;1-2/h2-11,23H,13H2,1H3,(H,22,24);1-2H3/b3-2+,16-4+;. The number of ether oxygens (including phenoxy) is 1. The SMILES string of the molecule is CC.COc1cc(/C=C/C=C(\C#N)C(=O)NCc2ccncc2)ccc1O. The Bertz CT molecular complexity index is 837. The molecule has 1 aromatic heterocycles. The van der Waals surface area contributed by atoms with E-state index < -0.39 is 5.91 Å². The number of rotatable bonds is 6. The normalized spacial score (nSPS) is 10.5. The van der Waals surface area contributed by atoms with Crippen molar-refractivity contribution in [3.63, 3.8) is 0 Å². The number of phenols is 1. The van der Waals surface area contributed by atoms with Crippen LogP contribution in [0.3, 0.4) is 0 Å². The molecule has 0 atom stereocenters. The van der Waals surface area contributed by atoms with E-state index in [1.807, 2.05) is 19.9 Å². The van der Waals surface area contributed by atoms with Crippen molar-refractivity contribution in [1.29, 1.82) is 5.26 Å². The Labute approximate surface area is 159 Å². The molecule has 0 saturated heterocycles. The van der Waals surface area contributed by atoms with Crippen LogP contribution in [0.2, 0.25) is 0 Å². The highest BCUT2D eigenvalue weighted by Gasteiger charge is 2.07. The molecule has 0 fully saturated rings. The van der Waals surface area contributed by atoms with E-state index in [4.69, 9.17) is 10.00 Å². The van der Waals surface area contributed by atoms with Gasteiger partial charge in [0.15, 0.2) is 11.5 Å². The number of aromatic nitrogens is 1. The maximum absolute atomic E-state index is 12.0. The highest BCUT2D eigenvalue weighted by molar-refractivity contribution is 5.97. The summed E-state index contributed by atoms with van der Waals surface area (Å²) in [5.74, 6) is -0.0580. The average molecular weight is 365 g/mol. The molecule has 2 rings (SSSR count). The quantitative estimate of drug-likeness (QED) is 0.463. The van der Waals surface area contributed by atoms with Gasteiger partial charge in [0.1, 0.15) is 11.6 Å². The van der Waals surface area contributed by atoms with Gasteiger partial charge in [0.2, 0.25) is 0 Å². The van der Waals surface area contributed by atoms with Crippen molar-refractivity contribution in [2.75, 3.05) is 7.11 Å². The van der Waals surface area contributed by atoms with Crippen LogP contribution in [-0.4, -0.2) is 23.1 Å². The monoisotopic (exact) mass is 365 g/mol. The van der Waals surface area contributed by atoms with Gasteiger partial charge in [0.05, 0.1) is 7.11 Å². The number of carbonyl (C=O) groups is 1. The van der Waals surface area contributed by atoms with Gasteiger partial charge in [-0.1, -0.05) is 32.1 Å². The highest BCUT2D eigenvalue weighted by Crippen LogP contribution is 2.26. The molecule has 0 aliphatic rings. The predicted octanol–water partition coefficient (Wildman–Crippen LogP) is 3.60. The Balaban J connectivity index is 0.00000176. The first-order valence-corrected chi connectivity index (χ1v) is 8.46. The molecule has 0 spiro atoms. The van der Waals surface area contributed by atoms with Crippen molar-refractivity contribution in [1.82, 2.24) is 10.3 Å². The minimum Gasteiger partial charge on any atom is -0.504 e. The number of benzene rings is 1. The van der Waals surface area contributed by atoms with Crippen LogP contribution in [0.4, 0.5) is 0 Å². The molecule has 0 radical (unpaired) electrons. The number of allylic oxidation sites excluding steroid dienone is 2. The zero-order valence-electron chi connectivity index (χ0n) is 15.6. The third kappa shape index (κ3) is 7.04. The van der Waals surface area contributed by atoms with Crippen molar-refractivity contribution in [2.24, 2.45) is 0 Å². The van der Waals surface area contributed by atoms with Crippen LogP contribution in [0.25, 0.3) is 6.08 Å². The van der Waals surface area contributed by atoms with Crippen LogP contribution >= 0.6 is 0 Å². The molecular weight excluding hydrogens is 342 g/mol. The fourth-order valence-electron chi connectivity index (χ4n) is 2.00. The Hall–Kier alpha value is -3.59. The molecule has 2 N–H and O–H groups in total. The van der Waals surface area contributed by atoms with E-state index in [2.05, 4.69) is 10.3 Å². The van der Waals surface area contributed by atoms with Crippen molar-refractivity contribution in [3.05, 3.63) is 71.6 Å². The zero-order valence-corrected chi connectivity index (χ0v) is 15.6. The van der Waals surface area contributed by atoms with E-state index >= 15 is 0 Å². The summed E-state index contributed by atoms with van der Waals surface area (Å²) in [5, 5.41) is 21.4. The van der Waals surface area contributed by atoms with Gasteiger partial charge in [0.25, 0.3) is 5.91 Å². The summed E-state index contributed by atoms with van der Waals surface area (Å²) in [4.78, 5) is 15.9. The molecule has 1 aromatic carbocycles. The van der Waals surface area contributed by atoms with Gasteiger partial charge in [-0.2, -0.15) is 5.26 Å². The number of hydrogen-bond donors (Lipinski definition) is 2. The number of aromatic hydroxyl groups is 1. The molecule has 1 amide bonds. The molecule has 1 heterocycles. The van der Waals surface area contributed by atoms with Crippen LogP contribution in [0, 0.1) is 11.3 Å². The number of pyridine rings is 1. The summed E-state index contributed by atoms with van der Waals surface area (Å²) in [6.07, 6.45) is 8.00. The maximum Gasteiger partial charge on any atom is 0.262 e. The van der Waals surface area contributed by atoms with Gasteiger partial charge in [0, 0.05) is 18.9 Å². The molecular formula is C21H23N3O3. The van der Waals surface area contributed by atoms with E-state index in [1.165, 1.54) is 19.3 Å². The van der Waals surface area contributed by atoms with Crippen LogP contribution < -0.4 is 10.1 Å². The lowest BCUT2D eigenvalue weighted by molar-refractivity contribution is -0.117. The van der Waals surface area contributed by atoms with Crippen LogP contribution in [-0.2, 0) is 11.3 Å². The number of nitrogens with zero attached hydrogens (tertiary/aromatic N) is 2. The molecule has 27 heavy (non-hydrogen) atoms. The first-order chi connectivity index (χ1) is 13.1. The van der Waals surface area contributed by atoms with Crippen molar-refractivity contribution in [3.8, 4) is 17.6 Å². The third-order valence-electron chi connectivity index (χ3n) is 3.32. The summed E-state index contributed by atoms with van der Waals surface area (Å²) in [6.45, 7) is 4.32. The molecule has 0 aliphatic heterocycles. The Morgan fingerprint density at radius 3 is 2.63 bits per heavy atom. The van der Waals surface area contributed by atoms with Gasteiger partial charge in [-0.05, 0) is 41.5 Å². The van der Waals surface area contributed by atoms with Crippen molar-refractivity contribution >= 4 is 12.0 Å². The van der Waals surface area contributed by atoms with Gasteiger partial charge in [-0.25, -0.2) is 0 Å². The lowest BCUT2D eigenvalue weighted by Gasteiger charge is -2.04. The molecule has 140 valence electrons. The molecule has 6 nitrogen and oxygen atoms in total. The number of nitriles is 1. The number of methoxy groups -OCH3 is 1. The molecule has 0 unspecified atom stereocenters. The topological polar surface area (TPSA) is 95.2 Å². The second-order valence-corrected chi connectivity index (χ2v) is 5.02. The summed E-state index contributed by atoms with van der Waals surface area (Å²) >= 11 is 0. The number of nitrogens with one attached hydrogen (secondary N) is 1. The van der Waals surface area contributed by atoms with E-state index in [0.29, 0.717) is 12.3 Å². The predicted molar refractivity (Wildman–Crippen MR) is 105 cm³/mol. The van der Waals surface area contributed by atoms with Crippen LogP contribution in [0.15, 0.2) is 60.5 Å². The van der Waals surface area contributed by atoms with Gasteiger partial charge in [-0.3, -0.25) is 9.78 Å². The van der Waals surface area contributed by atoms with Crippen LogP contribution in [0.5, 0.6) is 11.5 Å².